The van der Waals surface area contributed by atoms with Gasteiger partial charge in [-0.15, -0.1) is 0 Å². The zero-order chi connectivity index (χ0) is 30.3. The molecule has 4 aromatic rings. The van der Waals surface area contributed by atoms with Gasteiger partial charge in [-0.1, -0.05) is 86.6 Å². The molecule has 220 valence electrons. The zero-order valence-electron chi connectivity index (χ0n) is 25.6. The fraction of sp³-hybridized carbons (Fsp3) is 0.333. The van der Waals surface area contributed by atoms with Crippen LogP contribution in [0, 0.1) is 5.92 Å². The van der Waals surface area contributed by atoms with Gasteiger partial charge in [0.2, 0.25) is 5.91 Å². The van der Waals surface area contributed by atoms with Crippen LogP contribution < -0.4 is 21.2 Å². The van der Waals surface area contributed by atoms with Crippen LogP contribution in [0.2, 0.25) is 0 Å². The molecule has 2 amide bonds. The van der Waals surface area contributed by atoms with Crippen LogP contribution in [0.15, 0.2) is 103 Å². The molecule has 2 N–H and O–H groups in total. The average molecular weight is 584 g/mol. The minimum Gasteiger partial charge on any atom is -0.444 e. The van der Waals surface area contributed by atoms with E-state index < -0.39 is 25.0 Å². The van der Waals surface area contributed by atoms with E-state index in [-0.39, 0.29) is 17.9 Å². The summed E-state index contributed by atoms with van der Waals surface area (Å²) in [6, 6.07) is 35.9. The van der Waals surface area contributed by atoms with Crippen molar-refractivity contribution in [3.63, 3.8) is 0 Å². The summed E-state index contributed by atoms with van der Waals surface area (Å²) in [6.45, 7) is 11.4. The molecule has 0 saturated carbocycles. The Morgan fingerprint density at radius 3 is 1.83 bits per heavy atom. The highest BCUT2D eigenvalue weighted by Gasteiger charge is 2.46. The second kappa shape index (κ2) is 13.5. The normalized spacial score (nSPS) is 13.4. The van der Waals surface area contributed by atoms with Crippen LogP contribution in [0.5, 0.6) is 0 Å². The molecule has 0 spiro atoms. The Morgan fingerprint density at radius 2 is 1.29 bits per heavy atom. The Bertz CT molecular complexity index is 1440. The number of alkyl carbamates (subject to hydrolysis) is 1. The van der Waals surface area contributed by atoms with Gasteiger partial charge in [-0.3, -0.25) is 4.79 Å². The highest BCUT2D eigenvalue weighted by molar-refractivity contribution is 7.88. The molecule has 0 bridgehead atoms. The molecule has 0 aliphatic heterocycles. The summed E-state index contributed by atoms with van der Waals surface area (Å²) in [6.07, 6.45) is 1.06. The third kappa shape index (κ3) is 7.98. The van der Waals surface area contributed by atoms with Crippen molar-refractivity contribution >= 4 is 40.6 Å². The first-order valence-corrected chi connectivity index (χ1v) is 16.9. The van der Waals surface area contributed by atoms with Crippen molar-refractivity contribution in [2.75, 3.05) is 6.16 Å². The molecule has 4 aromatic carbocycles. The standard InChI is InChI=1S/C36H43N2O3P/c1-26(2)33(38-34(39)27(3)37-35(40)41-36(4,5)6)25-42(31-17-9-7-10-18-31,32-19-11-8-12-20-32)24-28-21-22-29-15-13-14-16-30(29)23-28/h7-23,26-27,33H,24-25H2,1-6H3,(H-,37,38,39,40)/p+1/t27?,33-/m1/s1. The highest BCUT2D eigenvalue weighted by atomic mass is 31.2. The minimum absolute atomic E-state index is 0.116. The lowest BCUT2D eigenvalue weighted by molar-refractivity contribution is -0.123. The van der Waals surface area contributed by atoms with E-state index in [0.717, 1.165) is 12.3 Å². The van der Waals surface area contributed by atoms with E-state index in [1.807, 2.05) is 0 Å². The number of benzene rings is 4. The fourth-order valence-corrected chi connectivity index (χ4v) is 10.0. The summed E-state index contributed by atoms with van der Waals surface area (Å²) in [7, 11) is -2.08. The van der Waals surface area contributed by atoms with Gasteiger partial charge in [0.25, 0.3) is 0 Å². The second-order valence-electron chi connectivity index (χ2n) is 12.4. The van der Waals surface area contributed by atoms with Crippen molar-refractivity contribution in [3.05, 3.63) is 109 Å². The van der Waals surface area contributed by atoms with Crippen molar-refractivity contribution < 1.29 is 14.3 Å². The van der Waals surface area contributed by atoms with Crippen LogP contribution in [0.3, 0.4) is 0 Å². The van der Waals surface area contributed by atoms with Gasteiger partial charge in [0.15, 0.2) is 0 Å². The summed E-state index contributed by atoms with van der Waals surface area (Å²) in [5.74, 6) is -0.0458. The topological polar surface area (TPSA) is 67.4 Å². The SMILES string of the molecule is CC(NC(=O)OC(C)(C)C)C(=O)N[C@H](C[P+](Cc1ccc2ccccc2c1)(c1ccccc1)c1ccccc1)C(C)C. The molecule has 5 nitrogen and oxygen atoms in total. The molecule has 0 aliphatic rings. The quantitative estimate of drug-likeness (QED) is 0.196. The van der Waals surface area contributed by atoms with Gasteiger partial charge in [0, 0.05) is 0 Å². The Balaban J connectivity index is 1.72. The fourth-order valence-electron chi connectivity index (χ4n) is 5.30. The zero-order valence-corrected chi connectivity index (χ0v) is 26.5. The largest absolute Gasteiger partial charge is 0.444 e. The molecule has 2 atom stereocenters. The van der Waals surface area contributed by atoms with E-state index in [4.69, 9.17) is 4.74 Å². The third-order valence-corrected chi connectivity index (χ3v) is 12.0. The maximum Gasteiger partial charge on any atom is 0.408 e. The van der Waals surface area contributed by atoms with Gasteiger partial charge in [0.1, 0.15) is 11.6 Å². The van der Waals surface area contributed by atoms with Gasteiger partial charge in [-0.05, 0) is 80.3 Å². The van der Waals surface area contributed by atoms with Crippen LogP contribution >= 0.6 is 7.26 Å². The smallest absolute Gasteiger partial charge is 0.408 e. The third-order valence-electron chi connectivity index (χ3n) is 7.53. The van der Waals surface area contributed by atoms with E-state index in [0.29, 0.717) is 0 Å². The molecular formula is C36H44N2O3P+. The maximum atomic E-state index is 13.5. The number of fused-ring (bicyclic) bond motifs is 1. The molecule has 42 heavy (non-hydrogen) atoms. The molecule has 0 heterocycles. The predicted octanol–water partition coefficient (Wildman–Crippen LogP) is 7.06. The summed E-state index contributed by atoms with van der Waals surface area (Å²) < 4.78 is 5.38. The van der Waals surface area contributed by atoms with Crippen LogP contribution in [0.4, 0.5) is 4.79 Å². The van der Waals surface area contributed by atoms with Crippen molar-refractivity contribution in [1.82, 2.24) is 10.6 Å². The van der Waals surface area contributed by atoms with Crippen molar-refractivity contribution in [3.8, 4) is 0 Å². The Kier molecular flexibility index (Phi) is 10.1. The molecule has 0 aliphatic carbocycles. The van der Waals surface area contributed by atoms with E-state index in [1.165, 1.54) is 26.9 Å². The number of nitrogens with one attached hydrogen (secondary N) is 2. The lowest BCUT2D eigenvalue weighted by Gasteiger charge is -2.34. The number of carbonyl (C=O) groups is 2. The van der Waals surface area contributed by atoms with Gasteiger partial charge in [-0.2, -0.15) is 0 Å². The summed E-state index contributed by atoms with van der Waals surface area (Å²) >= 11 is 0. The van der Waals surface area contributed by atoms with E-state index >= 15 is 0 Å². The number of hydrogen-bond acceptors (Lipinski definition) is 3. The average Bonchev–Trinajstić information content (AvgIpc) is 2.96. The molecule has 0 fully saturated rings. The van der Waals surface area contributed by atoms with Crippen molar-refractivity contribution in [1.29, 1.82) is 0 Å². The van der Waals surface area contributed by atoms with E-state index in [2.05, 4.69) is 128 Å². The highest BCUT2D eigenvalue weighted by Crippen LogP contribution is 2.60. The lowest BCUT2D eigenvalue weighted by atomic mass is 10.1. The van der Waals surface area contributed by atoms with Gasteiger partial charge >= 0.3 is 6.09 Å². The summed E-state index contributed by atoms with van der Waals surface area (Å²) in [4.78, 5) is 25.8. The van der Waals surface area contributed by atoms with Gasteiger partial charge < -0.3 is 15.4 Å². The summed E-state index contributed by atoms with van der Waals surface area (Å²) in [5.41, 5.74) is 0.641. The number of amides is 2. The Hall–Kier alpha value is -3.69. The van der Waals surface area contributed by atoms with E-state index in [1.54, 1.807) is 27.7 Å². The van der Waals surface area contributed by atoms with Gasteiger partial charge in [-0.25, -0.2) is 4.79 Å². The molecule has 0 saturated heterocycles. The van der Waals surface area contributed by atoms with E-state index in [9.17, 15) is 9.59 Å². The van der Waals surface area contributed by atoms with Crippen LogP contribution in [-0.4, -0.2) is 35.8 Å². The first-order valence-electron chi connectivity index (χ1n) is 14.7. The molecule has 4 rings (SSSR count). The number of carbonyl (C=O) groups excluding carboxylic acids is 2. The second-order valence-corrected chi connectivity index (χ2v) is 16.0. The van der Waals surface area contributed by atoms with Crippen LogP contribution in [-0.2, 0) is 15.7 Å². The first kappa shape index (κ1) is 31.3. The minimum atomic E-state index is -2.08. The first-order chi connectivity index (χ1) is 20.0. The van der Waals surface area contributed by atoms with Crippen LogP contribution in [0.1, 0.15) is 47.1 Å². The Morgan fingerprint density at radius 1 is 0.738 bits per heavy atom. The molecule has 6 heteroatoms. The number of rotatable bonds is 10. The molecular weight excluding hydrogens is 539 g/mol. The summed E-state index contributed by atoms with van der Waals surface area (Å²) in [5, 5.41) is 11.1. The maximum absolute atomic E-state index is 13.5. The predicted molar refractivity (Wildman–Crippen MR) is 177 cm³/mol. The number of hydrogen-bond donors (Lipinski definition) is 2. The lowest BCUT2D eigenvalue weighted by Crippen LogP contribution is -2.52. The molecule has 0 aromatic heterocycles. The van der Waals surface area contributed by atoms with Crippen molar-refractivity contribution in [2.24, 2.45) is 5.92 Å². The molecule has 0 radical (unpaired) electrons. The van der Waals surface area contributed by atoms with Gasteiger partial charge in [0.05, 0.1) is 36.2 Å². The van der Waals surface area contributed by atoms with Crippen molar-refractivity contribution in [2.45, 2.75) is 65.4 Å². The monoisotopic (exact) mass is 583 g/mol. The number of ether oxygens (including phenoxy) is 1. The van der Waals surface area contributed by atoms with Crippen LogP contribution in [0.25, 0.3) is 10.8 Å². The molecule has 1 unspecified atom stereocenters. The Labute approximate surface area is 251 Å².